The van der Waals surface area contributed by atoms with Crippen LogP contribution in [-0.2, 0) is 0 Å². The van der Waals surface area contributed by atoms with E-state index in [4.69, 9.17) is 63.4 Å². The molecular weight excluding hydrogens is 1430 g/mol. The highest BCUT2D eigenvalue weighted by Gasteiger charge is 2.26. The Morgan fingerprint density at radius 3 is 0.781 bits per heavy atom. The van der Waals surface area contributed by atoms with Crippen molar-refractivity contribution in [3.05, 3.63) is 90.3 Å². The highest BCUT2D eigenvalue weighted by Crippen LogP contribution is 2.27. The summed E-state index contributed by atoms with van der Waals surface area (Å²) in [5.41, 5.74) is 15.6. The van der Waals surface area contributed by atoms with Crippen molar-refractivity contribution in [2.45, 2.75) is 308 Å². The van der Waals surface area contributed by atoms with Crippen LogP contribution in [0.5, 0.6) is 0 Å². The van der Waals surface area contributed by atoms with E-state index in [0.29, 0.717) is 17.5 Å². The summed E-state index contributed by atoms with van der Waals surface area (Å²) in [6.45, 7) is 19.0. The van der Waals surface area contributed by atoms with Gasteiger partial charge in [-0.05, 0) is 213 Å². The molecule has 0 spiro atoms. The zero-order chi connectivity index (χ0) is 77.2. The van der Waals surface area contributed by atoms with Crippen LogP contribution in [0, 0.1) is 0 Å². The molecule has 0 saturated heterocycles. The molecule has 3 unspecified atom stereocenters. The van der Waals surface area contributed by atoms with Gasteiger partial charge in [-0.3, -0.25) is 0 Å². The van der Waals surface area contributed by atoms with Crippen LogP contribution in [-0.4, -0.2) is 154 Å². The van der Waals surface area contributed by atoms with Crippen LogP contribution in [0.4, 0.5) is 0 Å². The highest BCUT2D eigenvalue weighted by molar-refractivity contribution is 7.81. The molecule has 0 amide bonds. The van der Waals surface area contributed by atoms with E-state index in [9.17, 15) is 15.3 Å². The van der Waals surface area contributed by atoms with Crippen molar-refractivity contribution >= 4 is 137 Å². The Hall–Kier alpha value is -4.83. The molecule has 3 atom stereocenters. The number of para-hydroxylation sites is 6. The number of thiocarbonyl (C=S) groups is 6. The zero-order valence-electron chi connectivity index (χ0n) is 64.6. The number of unbranched alkanes of at least 4 members (excludes halogenated alkanes) is 10. The minimum atomic E-state index is -0.574. The molecule has 105 heavy (non-hydrogen) atoms. The van der Waals surface area contributed by atoms with E-state index < -0.39 is 17.8 Å². The lowest BCUT2D eigenvalue weighted by atomic mass is 9.91. The normalized spacial score (nSPS) is 15.4. The first-order valence-corrected chi connectivity index (χ1v) is 42.3. The van der Waals surface area contributed by atoms with Gasteiger partial charge in [-0.2, -0.15) is 0 Å². The van der Waals surface area contributed by atoms with Gasteiger partial charge in [0.2, 0.25) is 0 Å². The van der Waals surface area contributed by atoms with Gasteiger partial charge in [0.05, 0.1) is 50.9 Å². The molecule has 4 fully saturated rings. The van der Waals surface area contributed by atoms with Crippen LogP contribution < -0.4 is 32.7 Å². The van der Waals surface area contributed by atoms with Crippen molar-refractivity contribution in [3.63, 3.8) is 0 Å². The third-order valence-corrected chi connectivity index (χ3v) is 20.1. The molecule has 18 nitrogen and oxygen atoms in total. The lowest BCUT2D eigenvalue weighted by Gasteiger charge is -2.30. The zero-order valence-corrected chi connectivity index (χ0v) is 69.5. The molecule has 0 radical (unpaired) electrons. The third kappa shape index (κ3) is 45.1. The summed E-state index contributed by atoms with van der Waals surface area (Å²) in [5.74, 6) is -0.194. The smallest absolute Gasteiger partial charge is 0.167 e. The number of aromatic nitrogens is 6. The average molecular weight is 1570 g/mol. The van der Waals surface area contributed by atoms with E-state index in [2.05, 4.69) is 129 Å². The predicted molar refractivity (Wildman–Crippen MR) is 469 cm³/mol. The number of aliphatic hydroxyl groups is 6. The molecule has 24 heteroatoms. The number of hydrogen-bond acceptors (Lipinski definition) is 15. The standard InChI is InChI=1S/2C12H23N.3C11H10N2O2S2.2C8H19N.2C4H11N/c2*1-3-7-11(8-4-1)13-12-9-5-2-6-10-12;3*14-9(16)5-6(11(15)17)10-12-7-3-1-2-4-8(7)13-10;2*1-2-3-4-5-6-7-8-9;2*1-3-5-4-2/h2*11-13H,1-10H2;3*1-4,6H,5H2,(H,12,13)(H,14,16)(H,15,17);2*2-9H2,1H3;2*5H,3-4H2,1-2H3. The Balaban J connectivity index is 0.000000412. The van der Waals surface area contributed by atoms with Crippen LogP contribution in [0.3, 0.4) is 0 Å². The van der Waals surface area contributed by atoms with Crippen LogP contribution in [0.2, 0.25) is 0 Å². The number of rotatable bonds is 32. The molecule has 10 rings (SSSR count). The van der Waals surface area contributed by atoms with Crippen molar-refractivity contribution < 1.29 is 30.6 Å². The summed E-state index contributed by atoms with van der Waals surface area (Å²) in [6.07, 6.45) is 45.5. The summed E-state index contributed by atoms with van der Waals surface area (Å²) in [5, 5.41) is 68.3. The second kappa shape index (κ2) is 62.0. The first-order valence-electron chi connectivity index (χ1n) is 39.8. The molecule has 3 aromatic carbocycles. The predicted octanol–water partition coefficient (Wildman–Crippen LogP) is 20.7. The molecule has 592 valence electrons. The first-order chi connectivity index (χ1) is 50.8. The maximum atomic E-state index is 9.44. The number of aliphatic hydroxyl groups excluding tert-OH is 6. The van der Waals surface area contributed by atoms with Crippen LogP contribution in [0.15, 0.2) is 72.8 Å². The molecule has 0 bridgehead atoms. The second-order valence-corrected chi connectivity index (χ2v) is 30.3. The lowest BCUT2D eigenvalue weighted by molar-refractivity contribution is 0.291. The second-order valence-electron chi connectivity index (χ2n) is 27.6. The van der Waals surface area contributed by atoms with Gasteiger partial charge in [-0.25, -0.2) is 15.0 Å². The highest BCUT2D eigenvalue weighted by atomic mass is 32.1. The fourth-order valence-electron chi connectivity index (χ4n) is 12.9. The number of imidazole rings is 3. The number of benzene rings is 3. The maximum Gasteiger partial charge on any atom is 0.167 e. The summed E-state index contributed by atoms with van der Waals surface area (Å²) in [7, 11) is 0. The van der Waals surface area contributed by atoms with Crippen molar-refractivity contribution in [2.75, 3.05) is 39.3 Å². The molecule has 3 heterocycles. The Labute approximate surface area is 663 Å². The van der Waals surface area contributed by atoms with Crippen molar-refractivity contribution in [2.24, 2.45) is 11.5 Å². The van der Waals surface area contributed by atoms with Crippen LogP contribution in [0.25, 0.3) is 33.1 Å². The molecule has 0 aliphatic heterocycles. The largest absolute Gasteiger partial charge is 0.502 e. The van der Waals surface area contributed by atoms with Gasteiger partial charge in [-0.1, -0.05) is 219 Å². The third-order valence-electron chi connectivity index (χ3n) is 18.7. The SMILES string of the molecule is C1CCC(NC2CCCCC2)CC1.C1CCC(NC2CCCCC2)CC1.CCCCCCCCN.CCCCCCCCN.CCNCC.CCNCC.OC(=S)CC(C(O)=S)c1nc2ccccc2[nH]1.OC(=S)CC(C(O)=S)c1nc2ccccc2[nH]1.OC(=S)CC(C(O)=S)c1nc2ccccc2[nH]1. The number of aromatic amines is 3. The van der Waals surface area contributed by atoms with Crippen LogP contribution in [0.1, 0.15) is 301 Å². The Kier molecular flexibility index (Phi) is 56.8. The quantitative estimate of drug-likeness (QED) is 0.0138. The summed E-state index contributed by atoms with van der Waals surface area (Å²) in [6, 6.07) is 25.9. The molecular formula is C81H136N12O6S6. The van der Waals surface area contributed by atoms with E-state index in [1.807, 2.05) is 72.8 Å². The fourth-order valence-corrected chi connectivity index (χ4v) is 14.0. The van der Waals surface area contributed by atoms with Gasteiger partial charge < -0.3 is 78.3 Å². The number of H-pyrrole nitrogens is 3. The van der Waals surface area contributed by atoms with E-state index in [0.717, 1.165) is 96.5 Å². The summed E-state index contributed by atoms with van der Waals surface area (Å²) >= 11 is 28.1. The minimum absolute atomic E-state index is 0.0878. The summed E-state index contributed by atoms with van der Waals surface area (Å²) in [4.78, 5) is 22.1. The Morgan fingerprint density at radius 1 is 0.362 bits per heavy atom. The van der Waals surface area contributed by atoms with E-state index in [-0.39, 0.29) is 49.6 Å². The van der Waals surface area contributed by atoms with Crippen molar-refractivity contribution in [3.8, 4) is 0 Å². The average Bonchev–Trinajstić information content (AvgIpc) is 1.70. The summed E-state index contributed by atoms with van der Waals surface area (Å²) < 4.78 is 0. The van der Waals surface area contributed by atoms with Gasteiger partial charge in [0.15, 0.2) is 30.3 Å². The number of fused-ring (bicyclic) bond motifs is 3. The molecule has 4 saturated carbocycles. The molecule has 17 N–H and O–H groups in total. The molecule has 4 aliphatic carbocycles. The van der Waals surface area contributed by atoms with Crippen molar-refractivity contribution in [1.29, 1.82) is 0 Å². The number of nitrogens with one attached hydrogen (secondary N) is 7. The maximum absolute atomic E-state index is 9.44. The van der Waals surface area contributed by atoms with Gasteiger partial charge in [0.25, 0.3) is 0 Å². The van der Waals surface area contributed by atoms with Gasteiger partial charge >= 0.3 is 0 Å². The Bertz CT molecular complexity index is 2770. The van der Waals surface area contributed by atoms with Crippen LogP contribution >= 0.6 is 73.3 Å². The van der Waals surface area contributed by atoms with Gasteiger partial charge in [0.1, 0.15) is 17.5 Å². The van der Waals surface area contributed by atoms with E-state index in [1.54, 1.807) is 0 Å². The Morgan fingerprint density at radius 2 is 0.590 bits per heavy atom. The van der Waals surface area contributed by atoms with E-state index in [1.165, 1.54) is 205 Å². The molecule has 3 aromatic heterocycles. The minimum Gasteiger partial charge on any atom is -0.502 e. The fraction of sp³-hybridized carbons (Fsp3) is 0.667. The number of nitrogens with two attached hydrogens (primary N) is 2. The molecule has 4 aliphatic rings. The van der Waals surface area contributed by atoms with Crippen molar-refractivity contribution in [1.82, 2.24) is 51.2 Å². The topological polar surface area (TPSA) is 308 Å². The first kappa shape index (κ1) is 96.2. The van der Waals surface area contributed by atoms with Gasteiger partial charge in [0, 0.05) is 43.4 Å². The number of nitrogens with zero attached hydrogens (tertiary/aromatic N) is 3. The van der Waals surface area contributed by atoms with Gasteiger partial charge in [-0.15, -0.1) is 0 Å². The molecule has 6 aromatic rings. The monoisotopic (exact) mass is 1560 g/mol. The number of hydrogen-bond donors (Lipinski definition) is 15. The lowest BCUT2D eigenvalue weighted by Crippen LogP contribution is -2.40. The van der Waals surface area contributed by atoms with E-state index >= 15 is 0 Å².